The summed E-state index contributed by atoms with van der Waals surface area (Å²) in [6, 6.07) is 11.6. The van der Waals surface area contributed by atoms with Gasteiger partial charge in [0.15, 0.2) is 0 Å². The maximum Gasteiger partial charge on any atom is 0.259 e. The van der Waals surface area contributed by atoms with Crippen molar-refractivity contribution in [1.29, 1.82) is 0 Å². The van der Waals surface area contributed by atoms with Crippen molar-refractivity contribution < 1.29 is 9.63 Å². The maximum atomic E-state index is 9.49. The van der Waals surface area contributed by atoms with Crippen LogP contribution in [-0.2, 0) is 0 Å². The molecule has 6 heteroatoms. The molecule has 4 nitrogen and oxygen atoms in total. The lowest BCUT2D eigenvalue weighted by atomic mass is 10.2. The Labute approximate surface area is 124 Å². The van der Waals surface area contributed by atoms with Gasteiger partial charge < -0.3 is 9.63 Å². The van der Waals surface area contributed by atoms with E-state index in [1.54, 1.807) is 24.3 Å². The number of phenolic OH excluding ortho intramolecular Hbond substituents is 1. The van der Waals surface area contributed by atoms with E-state index < -0.39 is 0 Å². The van der Waals surface area contributed by atoms with Gasteiger partial charge in [0, 0.05) is 10.6 Å². The third-order valence-electron chi connectivity index (χ3n) is 2.69. The molecular formula is C14H8Cl2N2O2. The lowest BCUT2D eigenvalue weighted by Gasteiger charge is -1.98. The number of aromatic nitrogens is 2. The molecule has 3 rings (SSSR count). The number of rotatable bonds is 2. The van der Waals surface area contributed by atoms with Crippen molar-refractivity contribution in [3.05, 3.63) is 52.5 Å². The van der Waals surface area contributed by atoms with Crippen molar-refractivity contribution in [2.45, 2.75) is 0 Å². The largest absolute Gasteiger partial charge is 0.508 e. The lowest BCUT2D eigenvalue weighted by Crippen LogP contribution is -1.82. The second-order valence-corrected chi connectivity index (χ2v) is 4.94. The molecule has 100 valence electrons. The van der Waals surface area contributed by atoms with Crippen molar-refractivity contribution in [3.8, 4) is 28.6 Å². The molecule has 1 heterocycles. The van der Waals surface area contributed by atoms with Crippen LogP contribution in [0, 0.1) is 0 Å². The Morgan fingerprint density at radius 3 is 2.70 bits per heavy atom. The van der Waals surface area contributed by atoms with Crippen LogP contribution in [0.5, 0.6) is 5.75 Å². The molecule has 0 aliphatic heterocycles. The Morgan fingerprint density at radius 1 is 1.05 bits per heavy atom. The summed E-state index contributed by atoms with van der Waals surface area (Å²) in [5.41, 5.74) is 1.22. The first-order chi connectivity index (χ1) is 9.63. The summed E-state index contributed by atoms with van der Waals surface area (Å²) < 4.78 is 5.18. The van der Waals surface area contributed by atoms with E-state index in [1.165, 1.54) is 12.1 Å². The van der Waals surface area contributed by atoms with E-state index in [9.17, 15) is 5.11 Å². The predicted molar refractivity (Wildman–Crippen MR) is 76.9 cm³/mol. The Balaban J connectivity index is 2.04. The van der Waals surface area contributed by atoms with E-state index in [-0.39, 0.29) is 11.6 Å². The van der Waals surface area contributed by atoms with Crippen molar-refractivity contribution in [2.24, 2.45) is 0 Å². The Morgan fingerprint density at radius 2 is 1.90 bits per heavy atom. The average Bonchev–Trinajstić information content (AvgIpc) is 2.91. The van der Waals surface area contributed by atoms with Crippen LogP contribution in [0.25, 0.3) is 22.8 Å². The molecule has 0 bridgehead atoms. The number of phenols is 1. The zero-order valence-corrected chi connectivity index (χ0v) is 11.6. The second kappa shape index (κ2) is 5.15. The third kappa shape index (κ3) is 2.48. The first-order valence-electron chi connectivity index (χ1n) is 5.72. The van der Waals surface area contributed by atoms with Crippen molar-refractivity contribution >= 4 is 23.2 Å². The standard InChI is InChI=1S/C14H8Cl2N2O2/c15-9-3-1-2-8(6-9)13-17-14(20-18-13)11-7-10(19)4-5-12(11)16/h1-7,19H. The van der Waals surface area contributed by atoms with Crippen LogP contribution in [0.4, 0.5) is 0 Å². The predicted octanol–water partition coefficient (Wildman–Crippen LogP) is 4.42. The molecule has 1 aromatic heterocycles. The molecule has 0 spiro atoms. The first-order valence-corrected chi connectivity index (χ1v) is 6.47. The molecule has 2 aromatic carbocycles. The SMILES string of the molecule is Oc1ccc(Cl)c(-c2nc(-c3cccc(Cl)c3)no2)c1. The van der Waals surface area contributed by atoms with Gasteiger partial charge in [-0.2, -0.15) is 4.98 Å². The summed E-state index contributed by atoms with van der Waals surface area (Å²) in [6.45, 7) is 0. The molecule has 0 aliphatic carbocycles. The zero-order valence-electron chi connectivity index (χ0n) is 10.0. The highest BCUT2D eigenvalue weighted by atomic mass is 35.5. The Hall–Kier alpha value is -2.04. The van der Waals surface area contributed by atoms with Crippen molar-refractivity contribution in [1.82, 2.24) is 10.1 Å². The van der Waals surface area contributed by atoms with Gasteiger partial charge in [-0.3, -0.25) is 0 Å². The quantitative estimate of drug-likeness (QED) is 0.761. The highest BCUT2D eigenvalue weighted by molar-refractivity contribution is 6.33. The van der Waals surface area contributed by atoms with Gasteiger partial charge in [-0.15, -0.1) is 0 Å². The number of hydrogen-bond acceptors (Lipinski definition) is 4. The normalized spacial score (nSPS) is 10.7. The van der Waals surface area contributed by atoms with E-state index in [1.807, 2.05) is 6.07 Å². The van der Waals surface area contributed by atoms with Crippen LogP contribution >= 0.6 is 23.2 Å². The minimum absolute atomic E-state index is 0.0758. The summed E-state index contributed by atoms with van der Waals surface area (Å²) >= 11 is 12.0. The summed E-state index contributed by atoms with van der Waals surface area (Å²) in [6.07, 6.45) is 0. The molecular weight excluding hydrogens is 299 g/mol. The molecule has 0 atom stereocenters. The summed E-state index contributed by atoms with van der Waals surface area (Å²) in [4.78, 5) is 4.26. The van der Waals surface area contributed by atoms with Crippen LogP contribution < -0.4 is 0 Å². The van der Waals surface area contributed by atoms with Crippen molar-refractivity contribution in [2.75, 3.05) is 0 Å². The highest BCUT2D eigenvalue weighted by Gasteiger charge is 2.14. The van der Waals surface area contributed by atoms with Crippen LogP contribution in [0.15, 0.2) is 47.0 Å². The molecule has 0 saturated carbocycles. The fourth-order valence-electron chi connectivity index (χ4n) is 1.75. The molecule has 0 saturated heterocycles. The van der Waals surface area contributed by atoms with E-state index in [0.29, 0.717) is 21.4 Å². The number of hydrogen-bond donors (Lipinski definition) is 1. The van der Waals surface area contributed by atoms with Gasteiger partial charge in [-0.05, 0) is 30.3 Å². The zero-order chi connectivity index (χ0) is 14.1. The fourth-order valence-corrected chi connectivity index (χ4v) is 2.14. The molecule has 0 fully saturated rings. The second-order valence-electron chi connectivity index (χ2n) is 4.10. The average molecular weight is 307 g/mol. The van der Waals surface area contributed by atoms with E-state index in [0.717, 1.165) is 5.56 Å². The lowest BCUT2D eigenvalue weighted by molar-refractivity contribution is 0.431. The van der Waals surface area contributed by atoms with Gasteiger partial charge in [0.1, 0.15) is 5.75 Å². The van der Waals surface area contributed by atoms with Gasteiger partial charge in [-0.25, -0.2) is 0 Å². The molecule has 20 heavy (non-hydrogen) atoms. The van der Waals surface area contributed by atoms with Gasteiger partial charge in [0.25, 0.3) is 5.89 Å². The molecule has 3 aromatic rings. The van der Waals surface area contributed by atoms with E-state index in [4.69, 9.17) is 27.7 Å². The molecule has 0 radical (unpaired) electrons. The fraction of sp³-hybridized carbons (Fsp3) is 0. The van der Waals surface area contributed by atoms with Crippen LogP contribution in [0.2, 0.25) is 10.0 Å². The van der Waals surface area contributed by atoms with Gasteiger partial charge in [-0.1, -0.05) is 40.5 Å². The topological polar surface area (TPSA) is 59.2 Å². The van der Waals surface area contributed by atoms with E-state index >= 15 is 0 Å². The Bertz CT molecular complexity index is 771. The van der Waals surface area contributed by atoms with Crippen LogP contribution in [0.3, 0.4) is 0 Å². The molecule has 1 N–H and O–H groups in total. The van der Waals surface area contributed by atoms with Gasteiger partial charge in [0.2, 0.25) is 5.82 Å². The van der Waals surface area contributed by atoms with Crippen LogP contribution in [-0.4, -0.2) is 15.2 Å². The number of nitrogens with zero attached hydrogens (tertiary/aromatic N) is 2. The summed E-state index contributed by atoms with van der Waals surface area (Å²) in [7, 11) is 0. The summed E-state index contributed by atoms with van der Waals surface area (Å²) in [5.74, 6) is 0.717. The minimum atomic E-state index is 0.0758. The number of aromatic hydroxyl groups is 1. The minimum Gasteiger partial charge on any atom is -0.508 e. The maximum absolute atomic E-state index is 9.49. The first kappa shape index (κ1) is 13.0. The van der Waals surface area contributed by atoms with Gasteiger partial charge >= 0.3 is 0 Å². The monoisotopic (exact) mass is 306 g/mol. The Kier molecular flexibility index (Phi) is 3.34. The molecule has 0 unspecified atom stereocenters. The van der Waals surface area contributed by atoms with Crippen molar-refractivity contribution in [3.63, 3.8) is 0 Å². The number of benzene rings is 2. The van der Waals surface area contributed by atoms with Crippen LogP contribution in [0.1, 0.15) is 0 Å². The smallest absolute Gasteiger partial charge is 0.259 e. The summed E-state index contributed by atoms with van der Waals surface area (Å²) in [5, 5.41) is 14.4. The van der Waals surface area contributed by atoms with Gasteiger partial charge in [0.05, 0.1) is 10.6 Å². The molecule has 0 aliphatic rings. The van der Waals surface area contributed by atoms with E-state index in [2.05, 4.69) is 10.1 Å². The molecule has 0 amide bonds. The third-order valence-corrected chi connectivity index (χ3v) is 3.25. The highest BCUT2D eigenvalue weighted by Crippen LogP contribution is 2.31. The number of halogens is 2.